The van der Waals surface area contributed by atoms with Crippen LogP contribution < -0.4 is 5.32 Å². The maximum atomic E-state index is 12.8. The average molecular weight is 438 g/mol. The van der Waals surface area contributed by atoms with Crippen LogP contribution in [-0.2, 0) is 17.1 Å². The molecule has 0 bridgehead atoms. The number of rotatable bonds is 7. The van der Waals surface area contributed by atoms with E-state index in [2.05, 4.69) is 15.5 Å². The molecule has 0 atom stereocenters. The molecule has 1 saturated carbocycles. The van der Waals surface area contributed by atoms with Gasteiger partial charge in [0.25, 0.3) is 15.9 Å². The second kappa shape index (κ2) is 7.37. The number of aryl methyl sites for hydroxylation is 2. The summed E-state index contributed by atoms with van der Waals surface area (Å²) in [4.78, 5) is 13.9. The van der Waals surface area contributed by atoms with Crippen molar-refractivity contribution in [1.29, 1.82) is 0 Å². The molecule has 8 nitrogen and oxygen atoms in total. The number of sulfonamides is 1. The van der Waals surface area contributed by atoms with Gasteiger partial charge in [0.1, 0.15) is 0 Å². The summed E-state index contributed by atoms with van der Waals surface area (Å²) in [6.45, 7) is 3.04. The Labute approximate surface area is 175 Å². The molecule has 0 radical (unpaired) electrons. The second-order valence-corrected chi connectivity index (χ2v) is 10.6. The Morgan fingerprint density at radius 1 is 1.34 bits per heavy atom. The van der Waals surface area contributed by atoms with E-state index in [4.69, 9.17) is 11.6 Å². The number of nitrogens with one attached hydrogen (secondary N) is 1. The van der Waals surface area contributed by atoms with Gasteiger partial charge in [0.05, 0.1) is 6.20 Å². The minimum Gasteiger partial charge on any atom is -0.351 e. The zero-order valence-corrected chi connectivity index (χ0v) is 18.0. The fraction of sp³-hybridized carbons (Fsp3) is 0.526. The summed E-state index contributed by atoms with van der Waals surface area (Å²) in [6.07, 6.45) is 4.52. The van der Waals surface area contributed by atoms with E-state index in [0.717, 1.165) is 12.0 Å². The summed E-state index contributed by atoms with van der Waals surface area (Å²) < 4.78 is 27.0. The SMILES string of the molecule is Cc1cc(Cl)ccc1C(=O)NCC1(CC2CC2)CN(S(=O)(=O)c2cnn(C)n2)C1. The van der Waals surface area contributed by atoms with Gasteiger partial charge in [-0.15, -0.1) is 5.10 Å². The van der Waals surface area contributed by atoms with Crippen LogP contribution in [0.5, 0.6) is 0 Å². The molecule has 1 aromatic carbocycles. The van der Waals surface area contributed by atoms with Gasteiger partial charge in [-0.25, -0.2) is 8.42 Å². The molecule has 29 heavy (non-hydrogen) atoms. The zero-order valence-electron chi connectivity index (χ0n) is 16.4. The Bertz CT molecular complexity index is 1040. The Hall–Kier alpha value is -1.97. The van der Waals surface area contributed by atoms with Gasteiger partial charge in [0, 0.05) is 42.7 Å². The fourth-order valence-corrected chi connectivity index (χ4v) is 5.72. The normalized spacial score (nSPS) is 19.0. The summed E-state index contributed by atoms with van der Waals surface area (Å²) in [7, 11) is -2.07. The first-order chi connectivity index (χ1) is 13.7. The van der Waals surface area contributed by atoms with Gasteiger partial charge in [-0.05, 0) is 43.0 Å². The average Bonchev–Trinajstić information content (AvgIpc) is 3.33. The second-order valence-electron chi connectivity index (χ2n) is 8.23. The van der Waals surface area contributed by atoms with Crippen LogP contribution in [0.1, 0.15) is 35.2 Å². The third kappa shape index (κ3) is 4.17. The molecular formula is C19H24ClN5O3S. The Morgan fingerprint density at radius 2 is 2.07 bits per heavy atom. The molecular weight excluding hydrogens is 414 g/mol. The van der Waals surface area contributed by atoms with E-state index in [0.29, 0.717) is 36.1 Å². The quantitative estimate of drug-likeness (QED) is 0.714. The standard InChI is InChI=1S/C19H24ClN5O3S/c1-13-7-15(20)5-6-16(13)18(26)21-10-19(8-14-3-4-14)11-25(12-19)29(27,28)17-9-22-24(2)23-17/h5-7,9,14H,3-4,8,10-12H2,1-2H3,(H,21,26). The number of amides is 1. The number of carbonyl (C=O) groups excluding carboxylic acids is 1. The summed E-state index contributed by atoms with van der Waals surface area (Å²) in [5.74, 6) is 0.454. The number of nitrogens with zero attached hydrogens (tertiary/aromatic N) is 4. The zero-order chi connectivity index (χ0) is 20.8. The van der Waals surface area contributed by atoms with Crippen molar-refractivity contribution in [1.82, 2.24) is 24.6 Å². The minimum atomic E-state index is -3.66. The van der Waals surface area contributed by atoms with Crippen molar-refractivity contribution in [2.24, 2.45) is 18.4 Å². The van der Waals surface area contributed by atoms with Gasteiger partial charge in [0.2, 0.25) is 5.03 Å². The maximum Gasteiger partial charge on any atom is 0.264 e. The Balaban J connectivity index is 1.44. The highest BCUT2D eigenvalue weighted by molar-refractivity contribution is 7.89. The smallest absolute Gasteiger partial charge is 0.264 e. The van der Waals surface area contributed by atoms with Crippen LogP contribution in [0.25, 0.3) is 0 Å². The van der Waals surface area contributed by atoms with Crippen molar-refractivity contribution in [3.63, 3.8) is 0 Å². The number of hydrogen-bond donors (Lipinski definition) is 1. The molecule has 0 spiro atoms. The molecule has 0 unspecified atom stereocenters. The van der Waals surface area contributed by atoms with Crippen LogP contribution in [0.4, 0.5) is 0 Å². The monoisotopic (exact) mass is 437 g/mol. The Kier molecular flexibility index (Phi) is 5.16. The molecule has 1 aliphatic carbocycles. The van der Waals surface area contributed by atoms with Crippen molar-refractivity contribution in [2.45, 2.75) is 31.2 Å². The van der Waals surface area contributed by atoms with Gasteiger partial charge in [-0.3, -0.25) is 4.79 Å². The molecule has 2 aromatic rings. The molecule has 2 fully saturated rings. The van der Waals surface area contributed by atoms with Crippen LogP contribution >= 0.6 is 11.6 Å². The van der Waals surface area contributed by atoms with Gasteiger partial charge < -0.3 is 5.32 Å². The summed E-state index contributed by atoms with van der Waals surface area (Å²) >= 11 is 5.97. The molecule has 1 saturated heterocycles. The predicted molar refractivity (Wildman–Crippen MR) is 108 cm³/mol. The molecule has 2 heterocycles. The van der Waals surface area contributed by atoms with Crippen molar-refractivity contribution in [2.75, 3.05) is 19.6 Å². The highest BCUT2D eigenvalue weighted by Gasteiger charge is 2.51. The summed E-state index contributed by atoms with van der Waals surface area (Å²) in [6, 6.07) is 5.17. The van der Waals surface area contributed by atoms with Crippen LogP contribution in [0.2, 0.25) is 5.02 Å². The molecule has 4 rings (SSSR count). The van der Waals surface area contributed by atoms with Crippen molar-refractivity contribution in [3.05, 3.63) is 40.5 Å². The largest absolute Gasteiger partial charge is 0.351 e. The molecule has 1 amide bonds. The van der Waals surface area contributed by atoms with Gasteiger partial charge in [0.15, 0.2) is 0 Å². The van der Waals surface area contributed by atoms with Crippen molar-refractivity contribution >= 4 is 27.5 Å². The van der Waals surface area contributed by atoms with Crippen LogP contribution in [-0.4, -0.2) is 53.3 Å². The lowest BCUT2D eigenvalue weighted by Gasteiger charge is -2.49. The minimum absolute atomic E-state index is 0.0409. The number of benzene rings is 1. The van der Waals surface area contributed by atoms with E-state index in [1.165, 1.54) is 28.1 Å². The highest BCUT2D eigenvalue weighted by Crippen LogP contribution is 2.46. The summed E-state index contributed by atoms with van der Waals surface area (Å²) in [5, 5.41) is 11.4. The topological polar surface area (TPSA) is 97.2 Å². The van der Waals surface area contributed by atoms with E-state index in [1.54, 1.807) is 25.2 Å². The van der Waals surface area contributed by atoms with Crippen LogP contribution in [0, 0.1) is 18.3 Å². The molecule has 1 N–H and O–H groups in total. The van der Waals surface area contributed by atoms with Gasteiger partial charge in [-0.2, -0.15) is 14.2 Å². The van der Waals surface area contributed by atoms with Crippen LogP contribution in [0.15, 0.2) is 29.4 Å². The fourth-order valence-electron chi connectivity index (χ4n) is 3.94. The first kappa shape index (κ1) is 20.3. The first-order valence-corrected chi connectivity index (χ1v) is 11.4. The first-order valence-electron chi connectivity index (χ1n) is 9.59. The van der Waals surface area contributed by atoms with Gasteiger partial charge in [-0.1, -0.05) is 24.4 Å². The van der Waals surface area contributed by atoms with E-state index in [-0.39, 0.29) is 16.3 Å². The third-order valence-electron chi connectivity index (χ3n) is 5.68. The highest BCUT2D eigenvalue weighted by atomic mass is 35.5. The molecule has 10 heteroatoms. The number of hydrogen-bond acceptors (Lipinski definition) is 5. The number of carbonyl (C=O) groups is 1. The van der Waals surface area contributed by atoms with Crippen molar-refractivity contribution in [3.8, 4) is 0 Å². The van der Waals surface area contributed by atoms with Crippen LogP contribution in [0.3, 0.4) is 0 Å². The number of halogens is 1. The van der Waals surface area contributed by atoms with E-state index < -0.39 is 10.0 Å². The molecule has 2 aliphatic rings. The molecule has 156 valence electrons. The van der Waals surface area contributed by atoms with Crippen molar-refractivity contribution < 1.29 is 13.2 Å². The lowest BCUT2D eigenvalue weighted by molar-refractivity contribution is 0.0504. The predicted octanol–water partition coefficient (Wildman–Crippen LogP) is 2.00. The lowest BCUT2D eigenvalue weighted by atomic mass is 9.76. The third-order valence-corrected chi connectivity index (χ3v) is 7.57. The molecule has 1 aromatic heterocycles. The van der Waals surface area contributed by atoms with E-state index >= 15 is 0 Å². The number of aromatic nitrogens is 3. The summed E-state index contributed by atoms with van der Waals surface area (Å²) in [5.41, 5.74) is 1.15. The van der Waals surface area contributed by atoms with Gasteiger partial charge >= 0.3 is 0 Å². The maximum absolute atomic E-state index is 12.8. The van der Waals surface area contributed by atoms with E-state index in [1.807, 2.05) is 6.92 Å². The molecule has 1 aliphatic heterocycles. The Morgan fingerprint density at radius 3 is 2.66 bits per heavy atom. The lowest BCUT2D eigenvalue weighted by Crippen LogP contribution is -2.62. The van der Waals surface area contributed by atoms with E-state index in [9.17, 15) is 13.2 Å².